The van der Waals surface area contributed by atoms with E-state index < -0.39 is 5.60 Å². The van der Waals surface area contributed by atoms with Gasteiger partial charge in [0.15, 0.2) is 0 Å². The molecule has 1 aliphatic rings. The SMILES string of the molecule is CC(C)(C)OC(=O)N1CC[C@@H](CNc2cc(NCc3cccc(Cl)c3Cl)c(N)cn2)C1. The summed E-state index contributed by atoms with van der Waals surface area (Å²) < 4.78 is 5.46. The Morgan fingerprint density at radius 1 is 1.32 bits per heavy atom. The highest BCUT2D eigenvalue weighted by Gasteiger charge is 2.29. The van der Waals surface area contributed by atoms with Crippen LogP contribution < -0.4 is 16.4 Å². The van der Waals surface area contributed by atoms with Crippen LogP contribution in [0.3, 0.4) is 0 Å². The van der Waals surface area contributed by atoms with Gasteiger partial charge in [0.05, 0.1) is 27.6 Å². The van der Waals surface area contributed by atoms with Crippen LogP contribution in [0, 0.1) is 5.92 Å². The molecule has 31 heavy (non-hydrogen) atoms. The average Bonchev–Trinajstić information content (AvgIpc) is 3.17. The molecule has 0 radical (unpaired) electrons. The van der Waals surface area contributed by atoms with Gasteiger partial charge in [0, 0.05) is 32.2 Å². The number of nitrogen functional groups attached to an aromatic ring is 1. The van der Waals surface area contributed by atoms with Gasteiger partial charge in [-0.25, -0.2) is 9.78 Å². The number of nitrogens with one attached hydrogen (secondary N) is 2. The van der Waals surface area contributed by atoms with E-state index in [4.69, 9.17) is 33.7 Å². The molecule has 1 amide bonds. The fourth-order valence-electron chi connectivity index (χ4n) is 3.33. The number of nitrogens with two attached hydrogens (primary N) is 1. The summed E-state index contributed by atoms with van der Waals surface area (Å²) in [7, 11) is 0. The minimum Gasteiger partial charge on any atom is -0.444 e. The average molecular weight is 466 g/mol. The van der Waals surface area contributed by atoms with Crippen LogP contribution >= 0.6 is 23.2 Å². The molecule has 7 nitrogen and oxygen atoms in total. The smallest absolute Gasteiger partial charge is 0.410 e. The second kappa shape index (κ2) is 9.83. The van der Waals surface area contributed by atoms with E-state index in [0.717, 1.165) is 17.7 Å². The zero-order valence-electron chi connectivity index (χ0n) is 18.0. The van der Waals surface area contributed by atoms with E-state index in [-0.39, 0.29) is 6.09 Å². The fraction of sp³-hybridized carbons (Fsp3) is 0.455. The summed E-state index contributed by atoms with van der Waals surface area (Å²) in [6.45, 7) is 8.17. The van der Waals surface area contributed by atoms with Gasteiger partial charge in [-0.05, 0) is 44.7 Å². The Balaban J connectivity index is 1.54. The zero-order valence-corrected chi connectivity index (χ0v) is 19.6. The molecule has 3 rings (SSSR count). The van der Waals surface area contributed by atoms with Gasteiger partial charge in [-0.2, -0.15) is 0 Å². The first-order chi connectivity index (χ1) is 14.6. The van der Waals surface area contributed by atoms with Crippen LogP contribution in [0.15, 0.2) is 30.5 Å². The van der Waals surface area contributed by atoms with Gasteiger partial charge < -0.3 is 26.0 Å². The molecule has 1 aliphatic heterocycles. The third kappa shape index (κ3) is 6.55. The second-order valence-corrected chi connectivity index (χ2v) is 9.47. The van der Waals surface area contributed by atoms with Crippen LogP contribution in [0.25, 0.3) is 0 Å². The number of hydrogen-bond donors (Lipinski definition) is 3. The number of carbonyl (C=O) groups is 1. The number of pyridine rings is 1. The maximum absolute atomic E-state index is 12.2. The standard InChI is InChI=1S/C22H29Cl2N5O2/c1-22(2,3)31-21(30)29-8-7-14(13-29)10-27-19-9-18(17(25)12-28-19)26-11-15-5-4-6-16(23)20(15)24/h4-6,9,12,14H,7-8,10-11,13,25H2,1-3H3,(H2,26,27,28)/t14-/m0/s1. The topological polar surface area (TPSA) is 92.5 Å². The van der Waals surface area contributed by atoms with Crippen LogP contribution in [0.4, 0.5) is 22.0 Å². The Bertz CT molecular complexity index is 933. The molecule has 1 atom stereocenters. The predicted molar refractivity (Wildman–Crippen MR) is 127 cm³/mol. The summed E-state index contributed by atoms with van der Waals surface area (Å²) in [6, 6.07) is 7.39. The highest BCUT2D eigenvalue weighted by Crippen LogP contribution is 2.28. The predicted octanol–water partition coefficient (Wildman–Crippen LogP) is 5.25. The number of benzene rings is 1. The fourth-order valence-corrected chi connectivity index (χ4v) is 3.72. The zero-order chi connectivity index (χ0) is 22.6. The van der Waals surface area contributed by atoms with Gasteiger partial charge >= 0.3 is 6.09 Å². The van der Waals surface area contributed by atoms with Crippen molar-refractivity contribution in [2.75, 3.05) is 36.0 Å². The van der Waals surface area contributed by atoms with E-state index in [1.807, 2.05) is 39.0 Å². The quantitative estimate of drug-likeness (QED) is 0.539. The highest BCUT2D eigenvalue weighted by molar-refractivity contribution is 6.42. The van der Waals surface area contributed by atoms with E-state index in [1.54, 1.807) is 17.2 Å². The van der Waals surface area contributed by atoms with Crippen molar-refractivity contribution in [3.63, 3.8) is 0 Å². The molecule has 2 aromatic rings. The summed E-state index contributed by atoms with van der Waals surface area (Å²) in [4.78, 5) is 18.3. The molecule has 1 aromatic carbocycles. The molecule has 0 saturated carbocycles. The largest absolute Gasteiger partial charge is 0.444 e. The number of aromatic nitrogens is 1. The van der Waals surface area contributed by atoms with Gasteiger partial charge in [0.2, 0.25) is 0 Å². The molecule has 1 fully saturated rings. The van der Waals surface area contributed by atoms with E-state index in [2.05, 4.69) is 15.6 Å². The van der Waals surface area contributed by atoms with Gasteiger partial charge in [-0.15, -0.1) is 0 Å². The van der Waals surface area contributed by atoms with Crippen LogP contribution in [0.1, 0.15) is 32.8 Å². The van der Waals surface area contributed by atoms with Crippen molar-refractivity contribution in [1.29, 1.82) is 0 Å². The number of anilines is 3. The molecule has 2 heterocycles. The molecule has 1 aromatic heterocycles. The van der Waals surface area contributed by atoms with Crippen LogP contribution in [-0.2, 0) is 11.3 Å². The maximum atomic E-state index is 12.2. The minimum absolute atomic E-state index is 0.258. The van der Waals surface area contributed by atoms with Crippen LogP contribution in [-0.4, -0.2) is 41.2 Å². The first-order valence-corrected chi connectivity index (χ1v) is 11.0. The Morgan fingerprint density at radius 3 is 2.84 bits per heavy atom. The number of carbonyl (C=O) groups excluding carboxylic acids is 1. The monoisotopic (exact) mass is 465 g/mol. The molecule has 1 saturated heterocycles. The first-order valence-electron chi connectivity index (χ1n) is 10.3. The number of rotatable bonds is 6. The summed E-state index contributed by atoms with van der Waals surface area (Å²) >= 11 is 12.3. The summed E-state index contributed by atoms with van der Waals surface area (Å²) in [6.07, 6.45) is 2.28. The number of amides is 1. The minimum atomic E-state index is -0.486. The van der Waals surface area contributed by atoms with Gasteiger partial charge in [0.25, 0.3) is 0 Å². The third-order valence-corrected chi connectivity index (χ3v) is 5.80. The van der Waals surface area contributed by atoms with Crippen molar-refractivity contribution in [3.8, 4) is 0 Å². The summed E-state index contributed by atoms with van der Waals surface area (Å²) in [5, 5.41) is 7.68. The van der Waals surface area contributed by atoms with Crippen molar-refractivity contribution in [2.45, 2.75) is 39.3 Å². The number of halogens is 2. The Morgan fingerprint density at radius 2 is 2.10 bits per heavy atom. The number of hydrogen-bond acceptors (Lipinski definition) is 6. The molecule has 4 N–H and O–H groups in total. The molecular formula is C22H29Cl2N5O2. The molecule has 9 heteroatoms. The molecule has 0 spiro atoms. The van der Waals surface area contributed by atoms with Crippen molar-refractivity contribution < 1.29 is 9.53 Å². The normalized spacial score (nSPS) is 16.3. The lowest BCUT2D eigenvalue weighted by molar-refractivity contribution is 0.0289. The van der Waals surface area contributed by atoms with E-state index in [9.17, 15) is 4.79 Å². The lowest BCUT2D eigenvalue weighted by Crippen LogP contribution is -2.35. The molecule has 168 valence electrons. The van der Waals surface area contributed by atoms with Crippen molar-refractivity contribution >= 4 is 46.5 Å². The van der Waals surface area contributed by atoms with Gasteiger partial charge in [-0.1, -0.05) is 35.3 Å². The van der Waals surface area contributed by atoms with E-state index in [0.29, 0.717) is 53.6 Å². The molecular weight excluding hydrogens is 437 g/mol. The maximum Gasteiger partial charge on any atom is 0.410 e. The van der Waals surface area contributed by atoms with Crippen LogP contribution in [0.5, 0.6) is 0 Å². The molecule has 0 aliphatic carbocycles. The summed E-state index contributed by atoms with van der Waals surface area (Å²) in [5.74, 6) is 1.04. The number of ether oxygens (including phenoxy) is 1. The first kappa shape index (κ1) is 23.3. The highest BCUT2D eigenvalue weighted by atomic mass is 35.5. The van der Waals surface area contributed by atoms with Gasteiger partial charge in [0.1, 0.15) is 11.4 Å². The van der Waals surface area contributed by atoms with Crippen molar-refractivity contribution in [3.05, 3.63) is 46.1 Å². The molecule has 0 unspecified atom stereocenters. The Hall–Kier alpha value is -2.38. The van der Waals surface area contributed by atoms with Gasteiger partial charge in [-0.3, -0.25) is 0 Å². The third-order valence-electron chi connectivity index (χ3n) is 4.95. The van der Waals surface area contributed by atoms with Crippen LogP contribution in [0.2, 0.25) is 10.0 Å². The van der Waals surface area contributed by atoms with E-state index in [1.165, 1.54) is 0 Å². The number of likely N-dealkylation sites (tertiary alicyclic amines) is 1. The van der Waals surface area contributed by atoms with Crippen molar-refractivity contribution in [2.24, 2.45) is 5.92 Å². The summed E-state index contributed by atoms with van der Waals surface area (Å²) in [5.41, 5.74) is 7.77. The number of nitrogens with zero attached hydrogens (tertiary/aromatic N) is 2. The lowest BCUT2D eigenvalue weighted by atomic mass is 10.1. The Labute approximate surface area is 193 Å². The van der Waals surface area contributed by atoms with Crippen molar-refractivity contribution in [1.82, 2.24) is 9.88 Å². The Kier molecular flexibility index (Phi) is 7.38. The second-order valence-electron chi connectivity index (χ2n) is 8.69. The lowest BCUT2D eigenvalue weighted by Gasteiger charge is -2.24. The van der Waals surface area contributed by atoms with E-state index >= 15 is 0 Å². The molecule has 0 bridgehead atoms.